The minimum absolute atomic E-state index is 0.0477. The lowest BCUT2D eigenvalue weighted by atomic mass is 10.0. The summed E-state index contributed by atoms with van der Waals surface area (Å²) in [4.78, 5) is 30.0. The average Bonchev–Trinajstić information content (AvgIpc) is 3.07. The minimum atomic E-state index is -4.18. The first-order valence-corrected chi connectivity index (χ1v) is 17.5. The van der Waals surface area contributed by atoms with Crippen LogP contribution in [0.25, 0.3) is 0 Å². The molecular formula is C36H40BrN3O5S. The molecule has 0 heterocycles. The van der Waals surface area contributed by atoms with Crippen LogP contribution in [0, 0.1) is 0 Å². The van der Waals surface area contributed by atoms with Gasteiger partial charge in [0.1, 0.15) is 18.3 Å². The van der Waals surface area contributed by atoms with Crippen LogP contribution in [0.15, 0.2) is 119 Å². The fourth-order valence-corrected chi connectivity index (χ4v) is 6.60. The summed E-state index contributed by atoms with van der Waals surface area (Å²) in [6.45, 7) is 5.78. The van der Waals surface area contributed by atoms with Gasteiger partial charge in [0.2, 0.25) is 11.8 Å². The first-order valence-electron chi connectivity index (χ1n) is 15.3. The second kappa shape index (κ2) is 16.4. The van der Waals surface area contributed by atoms with Crippen LogP contribution in [-0.4, -0.2) is 50.4 Å². The van der Waals surface area contributed by atoms with Crippen molar-refractivity contribution in [2.24, 2.45) is 0 Å². The zero-order valence-electron chi connectivity index (χ0n) is 26.3. The molecule has 0 aliphatic carbocycles. The van der Waals surface area contributed by atoms with Gasteiger partial charge in [-0.2, -0.15) is 0 Å². The topological polar surface area (TPSA) is 96.0 Å². The molecule has 46 heavy (non-hydrogen) atoms. The Labute approximate surface area is 280 Å². The Morgan fingerprint density at radius 1 is 0.826 bits per heavy atom. The fraction of sp³-hybridized carbons (Fsp3) is 0.278. The molecule has 2 amide bonds. The fourth-order valence-electron chi connectivity index (χ4n) is 4.91. The third kappa shape index (κ3) is 9.20. The van der Waals surface area contributed by atoms with Gasteiger partial charge in [-0.05, 0) is 79.9 Å². The Hall–Kier alpha value is -4.15. The quantitative estimate of drug-likeness (QED) is 0.150. The second-order valence-corrected chi connectivity index (χ2v) is 13.7. The molecule has 8 nitrogen and oxygen atoms in total. The smallest absolute Gasteiger partial charge is 0.264 e. The van der Waals surface area contributed by atoms with E-state index in [1.807, 2.05) is 75.4 Å². The molecule has 4 aromatic carbocycles. The van der Waals surface area contributed by atoms with E-state index < -0.39 is 28.5 Å². The number of carbonyl (C=O) groups is 2. The highest BCUT2D eigenvalue weighted by molar-refractivity contribution is 9.10. The number of ether oxygens (including phenoxy) is 1. The molecule has 0 radical (unpaired) electrons. The summed E-state index contributed by atoms with van der Waals surface area (Å²) in [5.41, 5.74) is 1.97. The van der Waals surface area contributed by atoms with E-state index in [-0.39, 0.29) is 29.8 Å². The van der Waals surface area contributed by atoms with E-state index in [0.29, 0.717) is 24.5 Å². The normalized spacial score (nSPS) is 12.5. The third-order valence-corrected chi connectivity index (χ3v) is 9.90. The maximum Gasteiger partial charge on any atom is 0.264 e. The van der Waals surface area contributed by atoms with Gasteiger partial charge in [0.15, 0.2) is 0 Å². The number of anilines is 1. The predicted octanol–water partition coefficient (Wildman–Crippen LogP) is 6.60. The molecule has 0 bridgehead atoms. The van der Waals surface area contributed by atoms with Crippen LogP contribution in [0.4, 0.5) is 5.69 Å². The summed E-state index contributed by atoms with van der Waals surface area (Å²) < 4.78 is 35.8. The maximum absolute atomic E-state index is 14.5. The number of benzene rings is 4. The van der Waals surface area contributed by atoms with Gasteiger partial charge in [-0.3, -0.25) is 13.9 Å². The van der Waals surface area contributed by atoms with Crippen LogP contribution in [0.3, 0.4) is 0 Å². The van der Waals surface area contributed by atoms with E-state index in [2.05, 4.69) is 21.2 Å². The molecule has 10 heteroatoms. The summed E-state index contributed by atoms with van der Waals surface area (Å²) in [5, 5.41) is 3.05. The highest BCUT2D eigenvalue weighted by Gasteiger charge is 2.35. The number of carbonyl (C=O) groups excluding carboxylic acids is 2. The summed E-state index contributed by atoms with van der Waals surface area (Å²) in [7, 11) is -4.18. The second-order valence-electron chi connectivity index (χ2n) is 10.9. The van der Waals surface area contributed by atoms with Crippen LogP contribution in [0.5, 0.6) is 5.75 Å². The third-order valence-electron chi connectivity index (χ3n) is 7.58. The standard InChI is InChI=1S/C36H40BrN3O5S/c1-4-27(3)38-36(42)34(24-28-12-8-6-9-13-28)39(25-29-16-18-30(37)19-17-29)35(41)26-40(31-20-22-32(23-21-31)45-5-2)46(43,44)33-14-10-7-11-15-33/h6-23,27,34H,4-5,24-26H2,1-3H3,(H,38,42)/t27-,34-/m1/s1. The maximum atomic E-state index is 14.5. The molecule has 1 N–H and O–H groups in total. The van der Waals surface area contributed by atoms with Crippen molar-refractivity contribution in [2.45, 2.75) is 57.1 Å². The summed E-state index contributed by atoms with van der Waals surface area (Å²) >= 11 is 3.46. The number of sulfonamides is 1. The Bertz CT molecular complexity index is 1670. The highest BCUT2D eigenvalue weighted by atomic mass is 79.9. The molecule has 0 aromatic heterocycles. The molecule has 0 aliphatic heterocycles. The summed E-state index contributed by atoms with van der Waals surface area (Å²) in [5.74, 6) is -0.241. The first kappa shape index (κ1) is 34.7. The van der Waals surface area contributed by atoms with Crippen molar-refractivity contribution in [1.29, 1.82) is 0 Å². The zero-order valence-corrected chi connectivity index (χ0v) is 28.7. The van der Waals surface area contributed by atoms with E-state index in [4.69, 9.17) is 4.74 Å². The van der Waals surface area contributed by atoms with Crippen LogP contribution >= 0.6 is 15.9 Å². The Morgan fingerprint density at radius 3 is 2.02 bits per heavy atom. The van der Waals surface area contributed by atoms with Gasteiger partial charge in [-0.1, -0.05) is 83.5 Å². The van der Waals surface area contributed by atoms with Crippen molar-refractivity contribution < 1.29 is 22.7 Å². The Balaban J connectivity index is 1.79. The number of nitrogens with one attached hydrogen (secondary N) is 1. The number of nitrogens with zero attached hydrogens (tertiary/aromatic N) is 2. The molecule has 2 atom stereocenters. The number of hydrogen-bond donors (Lipinski definition) is 1. The van der Waals surface area contributed by atoms with Crippen LogP contribution in [0.2, 0.25) is 0 Å². The van der Waals surface area contributed by atoms with Crippen molar-refractivity contribution in [3.8, 4) is 5.75 Å². The molecule has 0 unspecified atom stereocenters. The van der Waals surface area contributed by atoms with Crippen molar-refractivity contribution in [3.05, 3.63) is 125 Å². The van der Waals surface area contributed by atoms with Gasteiger partial charge in [0.25, 0.3) is 10.0 Å². The van der Waals surface area contributed by atoms with Gasteiger partial charge in [0.05, 0.1) is 17.2 Å². The van der Waals surface area contributed by atoms with Gasteiger partial charge in [-0.15, -0.1) is 0 Å². The molecule has 242 valence electrons. The van der Waals surface area contributed by atoms with Gasteiger partial charge < -0.3 is 15.0 Å². The molecule has 0 saturated carbocycles. The van der Waals surface area contributed by atoms with E-state index >= 15 is 0 Å². The van der Waals surface area contributed by atoms with E-state index in [1.165, 1.54) is 17.0 Å². The molecule has 0 fully saturated rings. The molecule has 4 rings (SSSR count). The Morgan fingerprint density at radius 2 is 1.43 bits per heavy atom. The van der Waals surface area contributed by atoms with Crippen LogP contribution in [-0.2, 0) is 32.6 Å². The van der Waals surface area contributed by atoms with Crippen LogP contribution in [0.1, 0.15) is 38.3 Å². The van der Waals surface area contributed by atoms with Crippen molar-refractivity contribution in [3.63, 3.8) is 0 Å². The number of hydrogen-bond acceptors (Lipinski definition) is 5. The summed E-state index contributed by atoms with van der Waals surface area (Å²) in [6.07, 6.45) is 0.963. The first-order chi connectivity index (χ1) is 22.1. The molecule has 0 spiro atoms. The van der Waals surface area contributed by atoms with Crippen molar-refractivity contribution in [2.75, 3.05) is 17.5 Å². The molecule has 4 aromatic rings. The number of amides is 2. The van der Waals surface area contributed by atoms with E-state index in [0.717, 1.165) is 19.9 Å². The molecule has 0 aliphatic rings. The van der Waals surface area contributed by atoms with E-state index in [1.54, 1.807) is 42.5 Å². The van der Waals surface area contributed by atoms with Crippen LogP contribution < -0.4 is 14.4 Å². The highest BCUT2D eigenvalue weighted by Crippen LogP contribution is 2.27. The lowest BCUT2D eigenvalue weighted by molar-refractivity contribution is -0.140. The number of rotatable bonds is 15. The lowest BCUT2D eigenvalue weighted by Gasteiger charge is -2.34. The minimum Gasteiger partial charge on any atom is -0.494 e. The largest absolute Gasteiger partial charge is 0.494 e. The van der Waals surface area contributed by atoms with Gasteiger partial charge >= 0.3 is 0 Å². The summed E-state index contributed by atoms with van der Waals surface area (Å²) in [6, 6.07) is 30.6. The number of halogens is 1. The Kier molecular flexibility index (Phi) is 12.4. The average molecular weight is 707 g/mol. The lowest BCUT2D eigenvalue weighted by Crippen LogP contribution is -2.54. The zero-order chi connectivity index (χ0) is 33.1. The van der Waals surface area contributed by atoms with Crippen molar-refractivity contribution in [1.82, 2.24) is 10.2 Å². The van der Waals surface area contributed by atoms with Gasteiger partial charge in [-0.25, -0.2) is 8.42 Å². The van der Waals surface area contributed by atoms with E-state index in [9.17, 15) is 18.0 Å². The van der Waals surface area contributed by atoms with Crippen molar-refractivity contribution >= 4 is 43.5 Å². The van der Waals surface area contributed by atoms with Gasteiger partial charge in [0, 0.05) is 23.5 Å². The predicted molar refractivity (Wildman–Crippen MR) is 185 cm³/mol. The molecule has 0 saturated heterocycles. The monoisotopic (exact) mass is 705 g/mol. The molecular weight excluding hydrogens is 666 g/mol. The SMILES string of the molecule is CCOc1ccc(N(CC(=O)N(Cc2ccc(Br)cc2)[C@H](Cc2ccccc2)C(=O)N[C@H](C)CC)S(=O)(=O)c2ccccc2)cc1.